The van der Waals surface area contributed by atoms with Crippen LogP contribution in [0.4, 0.5) is 0 Å². The second-order valence-electron chi connectivity index (χ2n) is 4.95. The predicted molar refractivity (Wildman–Crippen MR) is 66.2 cm³/mol. The quantitative estimate of drug-likeness (QED) is 0.727. The van der Waals surface area contributed by atoms with Crippen molar-refractivity contribution in [3.63, 3.8) is 0 Å². The van der Waals surface area contributed by atoms with Crippen LogP contribution in [0.2, 0.25) is 0 Å². The first-order valence-electron chi connectivity index (χ1n) is 6.30. The van der Waals surface area contributed by atoms with Crippen LogP contribution in [0.5, 0.6) is 0 Å². The molecule has 0 radical (unpaired) electrons. The van der Waals surface area contributed by atoms with E-state index >= 15 is 0 Å². The largest absolute Gasteiger partial charge is 0.368 e. The van der Waals surface area contributed by atoms with E-state index in [0.717, 1.165) is 13.0 Å². The summed E-state index contributed by atoms with van der Waals surface area (Å²) in [5, 5.41) is 3.03. The van der Waals surface area contributed by atoms with E-state index in [2.05, 4.69) is 10.2 Å². The molecule has 1 atom stereocenters. The lowest BCUT2D eigenvalue weighted by Crippen LogP contribution is -2.53. The molecule has 3 N–H and O–H groups in total. The average Bonchev–Trinajstić information content (AvgIpc) is 2.54. The molecule has 0 saturated carbocycles. The molecule has 1 rings (SSSR count). The van der Waals surface area contributed by atoms with Crippen LogP contribution in [0.1, 0.15) is 39.0 Å². The third-order valence-corrected chi connectivity index (χ3v) is 3.72. The number of nitrogens with two attached hydrogens (primary N) is 1. The van der Waals surface area contributed by atoms with Crippen LogP contribution in [0.3, 0.4) is 0 Å². The zero-order valence-electron chi connectivity index (χ0n) is 10.6. The van der Waals surface area contributed by atoms with Gasteiger partial charge < -0.3 is 16.0 Å². The molecule has 0 aliphatic carbocycles. The van der Waals surface area contributed by atoms with Crippen LogP contribution in [0, 0.1) is 0 Å². The fraction of sp³-hybridized carbons (Fsp3) is 0.917. The Morgan fingerprint density at radius 2 is 1.88 bits per heavy atom. The highest BCUT2D eigenvalue weighted by Gasteiger charge is 2.29. The van der Waals surface area contributed by atoms with Gasteiger partial charge in [0.25, 0.3) is 0 Å². The SMILES string of the molecule is CNC(C)(CCN1CCCCCC1)C(N)=O. The molecule has 94 valence electrons. The van der Waals surface area contributed by atoms with Crippen LogP contribution >= 0.6 is 0 Å². The van der Waals surface area contributed by atoms with Gasteiger partial charge in [-0.05, 0) is 46.3 Å². The van der Waals surface area contributed by atoms with Gasteiger partial charge in [-0.15, -0.1) is 0 Å². The second-order valence-corrected chi connectivity index (χ2v) is 4.95. The van der Waals surface area contributed by atoms with Gasteiger partial charge in [-0.1, -0.05) is 12.8 Å². The highest BCUT2D eigenvalue weighted by atomic mass is 16.1. The van der Waals surface area contributed by atoms with E-state index in [-0.39, 0.29) is 5.91 Å². The van der Waals surface area contributed by atoms with Crippen LogP contribution in [0.15, 0.2) is 0 Å². The summed E-state index contributed by atoms with van der Waals surface area (Å²) in [6.07, 6.45) is 6.05. The molecule has 1 aliphatic heterocycles. The summed E-state index contributed by atoms with van der Waals surface area (Å²) in [6.45, 7) is 5.17. The Balaban J connectivity index is 2.39. The molecule has 1 unspecified atom stereocenters. The molecule has 1 aliphatic rings. The second kappa shape index (κ2) is 6.21. The van der Waals surface area contributed by atoms with E-state index in [0.29, 0.717) is 0 Å². The molecule has 4 nitrogen and oxygen atoms in total. The van der Waals surface area contributed by atoms with Gasteiger partial charge in [-0.3, -0.25) is 4.79 Å². The number of likely N-dealkylation sites (tertiary alicyclic amines) is 1. The Kier molecular flexibility index (Phi) is 5.22. The van der Waals surface area contributed by atoms with Crippen molar-refractivity contribution in [1.29, 1.82) is 0 Å². The molecule has 0 bridgehead atoms. The number of amides is 1. The first kappa shape index (κ1) is 13.5. The summed E-state index contributed by atoms with van der Waals surface area (Å²) < 4.78 is 0. The van der Waals surface area contributed by atoms with Gasteiger partial charge in [-0.2, -0.15) is 0 Å². The molecule has 4 heteroatoms. The fourth-order valence-electron chi connectivity index (χ4n) is 2.11. The van der Waals surface area contributed by atoms with E-state index in [1.807, 2.05) is 6.92 Å². The van der Waals surface area contributed by atoms with E-state index < -0.39 is 5.54 Å². The monoisotopic (exact) mass is 227 g/mol. The number of nitrogens with one attached hydrogen (secondary N) is 1. The minimum Gasteiger partial charge on any atom is -0.368 e. The van der Waals surface area contributed by atoms with Gasteiger partial charge >= 0.3 is 0 Å². The van der Waals surface area contributed by atoms with Gasteiger partial charge in [0.15, 0.2) is 0 Å². The predicted octanol–water partition coefficient (Wildman–Crippen LogP) is 0.716. The maximum Gasteiger partial charge on any atom is 0.237 e. The molecule has 1 saturated heterocycles. The summed E-state index contributed by atoms with van der Waals surface area (Å²) in [6, 6.07) is 0. The van der Waals surface area contributed by atoms with Crippen molar-refractivity contribution in [2.24, 2.45) is 5.73 Å². The molecule has 1 heterocycles. The summed E-state index contributed by atoms with van der Waals surface area (Å²) in [7, 11) is 1.80. The molecule has 0 aromatic rings. The highest BCUT2D eigenvalue weighted by Crippen LogP contribution is 2.13. The normalized spacial score (nSPS) is 22.4. The number of carbonyl (C=O) groups is 1. The number of likely N-dealkylation sites (N-methyl/N-ethyl adjacent to an activating group) is 1. The van der Waals surface area contributed by atoms with Crippen molar-refractivity contribution < 1.29 is 4.79 Å². The number of primary amides is 1. The van der Waals surface area contributed by atoms with E-state index in [1.165, 1.54) is 38.8 Å². The molecule has 1 amide bonds. The summed E-state index contributed by atoms with van der Waals surface area (Å²) in [5.74, 6) is -0.259. The summed E-state index contributed by atoms with van der Waals surface area (Å²) in [4.78, 5) is 13.8. The lowest BCUT2D eigenvalue weighted by Gasteiger charge is -2.29. The number of hydrogen-bond donors (Lipinski definition) is 2. The van der Waals surface area contributed by atoms with Crippen molar-refractivity contribution >= 4 is 5.91 Å². The highest BCUT2D eigenvalue weighted by molar-refractivity contribution is 5.84. The number of hydrogen-bond acceptors (Lipinski definition) is 3. The Morgan fingerprint density at radius 1 is 1.31 bits per heavy atom. The number of carbonyl (C=O) groups excluding carboxylic acids is 1. The number of rotatable bonds is 5. The molecule has 0 aromatic heterocycles. The molecule has 0 aromatic carbocycles. The third-order valence-electron chi connectivity index (χ3n) is 3.72. The average molecular weight is 227 g/mol. The maximum absolute atomic E-state index is 11.3. The Hall–Kier alpha value is -0.610. The topological polar surface area (TPSA) is 58.4 Å². The summed E-state index contributed by atoms with van der Waals surface area (Å²) >= 11 is 0. The maximum atomic E-state index is 11.3. The van der Waals surface area contributed by atoms with Gasteiger partial charge in [0.05, 0.1) is 5.54 Å². The zero-order valence-corrected chi connectivity index (χ0v) is 10.6. The van der Waals surface area contributed by atoms with Crippen molar-refractivity contribution in [3.05, 3.63) is 0 Å². The Labute approximate surface area is 98.6 Å². The minimum absolute atomic E-state index is 0.259. The standard InChI is InChI=1S/C12H25N3O/c1-12(14-2,11(13)16)7-10-15-8-5-3-4-6-9-15/h14H,3-10H2,1-2H3,(H2,13,16). The van der Waals surface area contributed by atoms with Crippen LogP contribution in [-0.2, 0) is 4.79 Å². The summed E-state index contributed by atoms with van der Waals surface area (Å²) in [5.41, 5.74) is 4.84. The molecule has 0 spiro atoms. The minimum atomic E-state index is -0.563. The van der Waals surface area contributed by atoms with Crippen molar-refractivity contribution in [1.82, 2.24) is 10.2 Å². The Morgan fingerprint density at radius 3 is 2.31 bits per heavy atom. The van der Waals surface area contributed by atoms with Crippen LogP contribution < -0.4 is 11.1 Å². The van der Waals surface area contributed by atoms with Crippen molar-refractivity contribution in [2.75, 3.05) is 26.7 Å². The van der Waals surface area contributed by atoms with Gasteiger partial charge in [-0.25, -0.2) is 0 Å². The lowest BCUT2D eigenvalue weighted by atomic mass is 9.97. The third kappa shape index (κ3) is 3.76. The van der Waals surface area contributed by atoms with E-state index in [9.17, 15) is 4.79 Å². The molecule has 16 heavy (non-hydrogen) atoms. The van der Waals surface area contributed by atoms with Crippen LogP contribution in [-0.4, -0.2) is 43.0 Å². The smallest absolute Gasteiger partial charge is 0.237 e. The molecular formula is C12H25N3O. The molecular weight excluding hydrogens is 202 g/mol. The van der Waals surface area contributed by atoms with Gasteiger partial charge in [0.1, 0.15) is 0 Å². The Bertz CT molecular complexity index is 224. The van der Waals surface area contributed by atoms with Crippen molar-refractivity contribution in [3.8, 4) is 0 Å². The zero-order chi connectivity index (χ0) is 12.0. The van der Waals surface area contributed by atoms with Crippen molar-refractivity contribution in [2.45, 2.75) is 44.6 Å². The molecule has 1 fully saturated rings. The van der Waals surface area contributed by atoms with E-state index in [1.54, 1.807) is 7.05 Å². The fourth-order valence-corrected chi connectivity index (χ4v) is 2.11. The first-order chi connectivity index (χ1) is 7.58. The van der Waals surface area contributed by atoms with Gasteiger partial charge in [0, 0.05) is 6.54 Å². The van der Waals surface area contributed by atoms with Gasteiger partial charge in [0.2, 0.25) is 5.91 Å². The van der Waals surface area contributed by atoms with E-state index in [4.69, 9.17) is 5.73 Å². The lowest BCUT2D eigenvalue weighted by molar-refractivity contribution is -0.124. The van der Waals surface area contributed by atoms with Crippen LogP contribution in [0.25, 0.3) is 0 Å². The number of nitrogens with zero attached hydrogens (tertiary/aromatic N) is 1. The first-order valence-corrected chi connectivity index (χ1v) is 6.30.